The molecule has 11 heteroatoms. The fourth-order valence-electron chi connectivity index (χ4n) is 3.52. The summed E-state index contributed by atoms with van der Waals surface area (Å²) >= 11 is 1.63. The maximum atomic E-state index is 12.9. The summed E-state index contributed by atoms with van der Waals surface area (Å²) < 4.78 is 27.4. The topological polar surface area (TPSA) is 122 Å². The lowest BCUT2D eigenvalue weighted by Crippen LogP contribution is -2.46. The Hall–Kier alpha value is -2.86. The molecular weight excluding hydrogens is 460 g/mol. The van der Waals surface area contributed by atoms with Gasteiger partial charge in [-0.25, -0.2) is 18.4 Å². The van der Waals surface area contributed by atoms with E-state index in [9.17, 15) is 13.2 Å². The number of likely N-dealkylation sites (N-methyl/N-ethyl adjacent to an activating group) is 1. The van der Waals surface area contributed by atoms with Gasteiger partial charge in [0.15, 0.2) is 11.5 Å². The highest BCUT2D eigenvalue weighted by molar-refractivity contribution is 7.89. The average Bonchev–Trinajstić information content (AvgIpc) is 3.33. The first-order valence-electron chi connectivity index (χ1n) is 10.6. The summed E-state index contributed by atoms with van der Waals surface area (Å²) in [5, 5.41) is 4.81. The highest BCUT2D eigenvalue weighted by Gasteiger charge is 2.27. The molecule has 0 spiro atoms. The van der Waals surface area contributed by atoms with E-state index < -0.39 is 15.9 Å². The molecule has 1 aromatic carbocycles. The smallest absolute Gasteiger partial charge is 0.273 e. The molecule has 0 atom stereocenters. The summed E-state index contributed by atoms with van der Waals surface area (Å²) in [5.41, 5.74) is 7.02. The SMILES string of the molecule is CN1CCN(S(=O)(=O)c2ccc(-c3cnc(N)c(C(=O)NCCc4cccs4)n3)cc2)CC1. The van der Waals surface area contributed by atoms with Crippen molar-refractivity contribution in [3.63, 3.8) is 0 Å². The number of amides is 1. The van der Waals surface area contributed by atoms with E-state index in [2.05, 4.69) is 20.2 Å². The van der Waals surface area contributed by atoms with Crippen LogP contribution in [0.25, 0.3) is 11.3 Å². The highest BCUT2D eigenvalue weighted by Crippen LogP contribution is 2.23. The van der Waals surface area contributed by atoms with Crippen molar-refractivity contribution >= 4 is 33.1 Å². The molecule has 0 radical (unpaired) electrons. The van der Waals surface area contributed by atoms with Crippen LogP contribution >= 0.6 is 11.3 Å². The zero-order chi connectivity index (χ0) is 23.4. The Balaban J connectivity index is 1.47. The molecule has 174 valence electrons. The van der Waals surface area contributed by atoms with E-state index in [4.69, 9.17) is 5.73 Å². The maximum Gasteiger partial charge on any atom is 0.273 e. The number of sulfonamides is 1. The molecule has 33 heavy (non-hydrogen) atoms. The summed E-state index contributed by atoms with van der Waals surface area (Å²) in [6.07, 6.45) is 2.20. The monoisotopic (exact) mass is 486 g/mol. The summed E-state index contributed by atoms with van der Waals surface area (Å²) in [6.45, 7) is 2.81. The lowest BCUT2D eigenvalue weighted by molar-refractivity contribution is 0.0950. The van der Waals surface area contributed by atoms with Crippen molar-refractivity contribution < 1.29 is 13.2 Å². The number of carbonyl (C=O) groups is 1. The van der Waals surface area contributed by atoms with Crippen LogP contribution in [0.15, 0.2) is 52.9 Å². The van der Waals surface area contributed by atoms with Gasteiger partial charge in [0.1, 0.15) is 0 Å². The summed E-state index contributed by atoms with van der Waals surface area (Å²) in [4.78, 5) is 24.6. The second-order valence-corrected chi connectivity index (χ2v) is 10.8. The van der Waals surface area contributed by atoms with E-state index in [1.807, 2.05) is 24.6 Å². The minimum Gasteiger partial charge on any atom is -0.382 e. The Bertz CT molecular complexity index is 1210. The zero-order valence-electron chi connectivity index (χ0n) is 18.3. The molecule has 3 N–H and O–H groups in total. The van der Waals surface area contributed by atoms with Crippen LogP contribution in [0.2, 0.25) is 0 Å². The molecule has 0 saturated carbocycles. The van der Waals surface area contributed by atoms with Gasteiger partial charge in [-0.15, -0.1) is 11.3 Å². The number of benzene rings is 1. The predicted octanol–water partition coefficient (Wildman–Crippen LogP) is 1.70. The van der Waals surface area contributed by atoms with Gasteiger partial charge in [0.25, 0.3) is 5.91 Å². The van der Waals surface area contributed by atoms with E-state index in [0.717, 1.165) is 6.42 Å². The molecule has 9 nitrogen and oxygen atoms in total. The largest absolute Gasteiger partial charge is 0.382 e. The van der Waals surface area contributed by atoms with E-state index >= 15 is 0 Å². The molecule has 0 aliphatic carbocycles. The molecule has 1 fully saturated rings. The number of carbonyl (C=O) groups excluding carboxylic acids is 1. The molecule has 3 aromatic rings. The number of nitrogen functional groups attached to an aromatic ring is 1. The minimum atomic E-state index is -3.55. The predicted molar refractivity (Wildman–Crippen MR) is 128 cm³/mol. The van der Waals surface area contributed by atoms with Crippen LogP contribution in [0.4, 0.5) is 5.82 Å². The minimum absolute atomic E-state index is 0.0432. The van der Waals surface area contributed by atoms with E-state index in [0.29, 0.717) is 44.0 Å². The second-order valence-electron chi connectivity index (χ2n) is 7.81. The highest BCUT2D eigenvalue weighted by atomic mass is 32.2. The first kappa shape index (κ1) is 23.3. The number of thiophene rings is 1. The van der Waals surface area contributed by atoms with Crippen molar-refractivity contribution in [2.24, 2.45) is 0 Å². The number of anilines is 1. The Morgan fingerprint density at radius 2 is 1.88 bits per heavy atom. The Morgan fingerprint density at radius 1 is 1.15 bits per heavy atom. The number of nitrogens with one attached hydrogen (secondary N) is 1. The normalized spacial score (nSPS) is 15.4. The third-order valence-electron chi connectivity index (χ3n) is 5.50. The van der Waals surface area contributed by atoms with Gasteiger partial charge in [-0.05, 0) is 37.0 Å². The first-order chi connectivity index (χ1) is 15.8. The zero-order valence-corrected chi connectivity index (χ0v) is 19.9. The van der Waals surface area contributed by atoms with Crippen molar-refractivity contribution in [1.29, 1.82) is 0 Å². The van der Waals surface area contributed by atoms with E-state index in [1.54, 1.807) is 35.6 Å². The van der Waals surface area contributed by atoms with Crippen LogP contribution in [0.5, 0.6) is 0 Å². The number of piperazine rings is 1. The molecule has 1 saturated heterocycles. The fourth-order valence-corrected chi connectivity index (χ4v) is 5.65. The average molecular weight is 487 g/mol. The molecule has 1 amide bonds. The molecular formula is C22H26N6O3S2. The fraction of sp³-hybridized carbons (Fsp3) is 0.318. The van der Waals surface area contributed by atoms with Gasteiger partial charge < -0.3 is 16.0 Å². The number of hydrogen-bond donors (Lipinski definition) is 2. The number of nitrogens with zero attached hydrogens (tertiary/aromatic N) is 4. The molecule has 1 aliphatic rings. The van der Waals surface area contributed by atoms with Gasteiger partial charge in [0.05, 0.1) is 16.8 Å². The van der Waals surface area contributed by atoms with Crippen LogP contribution in [0, 0.1) is 0 Å². The van der Waals surface area contributed by atoms with Crippen molar-refractivity contribution in [1.82, 2.24) is 24.5 Å². The Morgan fingerprint density at radius 3 is 2.55 bits per heavy atom. The standard InChI is InChI=1S/C22H26N6O3S2/c1-27-10-12-28(13-11-27)33(30,31)18-6-4-16(5-7-18)19-15-25-21(23)20(26-19)22(29)24-9-8-17-3-2-14-32-17/h2-7,14-15H,8-13H2,1H3,(H2,23,25)(H,24,29). The number of aromatic nitrogens is 2. The van der Waals surface area contributed by atoms with Gasteiger partial charge >= 0.3 is 0 Å². The van der Waals surface area contributed by atoms with Gasteiger partial charge in [0, 0.05) is 43.2 Å². The summed E-state index contributed by atoms with van der Waals surface area (Å²) in [5.74, 6) is -0.352. The quantitative estimate of drug-likeness (QED) is 0.521. The first-order valence-corrected chi connectivity index (χ1v) is 12.9. The number of nitrogens with two attached hydrogens (primary N) is 1. The number of rotatable bonds is 7. The van der Waals surface area contributed by atoms with Crippen LogP contribution in [0.1, 0.15) is 15.4 Å². The second kappa shape index (κ2) is 9.96. The van der Waals surface area contributed by atoms with Gasteiger partial charge in [-0.1, -0.05) is 18.2 Å². The molecule has 3 heterocycles. The van der Waals surface area contributed by atoms with Crippen LogP contribution < -0.4 is 11.1 Å². The van der Waals surface area contributed by atoms with Crippen molar-refractivity contribution in [2.45, 2.75) is 11.3 Å². The van der Waals surface area contributed by atoms with Gasteiger partial charge in [0.2, 0.25) is 10.0 Å². The van der Waals surface area contributed by atoms with Crippen molar-refractivity contribution in [3.8, 4) is 11.3 Å². The molecule has 0 unspecified atom stereocenters. The molecule has 2 aromatic heterocycles. The van der Waals surface area contributed by atoms with Gasteiger partial charge in [-0.2, -0.15) is 4.31 Å². The van der Waals surface area contributed by atoms with Crippen LogP contribution in [-0.4, -0.2) is 73.3 Å². The van der Waals surface area contributed by atoms with E-state index in [1.165, 1.54) is 15.4 Å². The Kier molecular flexibility index (Phi) is 7.03. The van der Waals surface area contributed by atoms with Crippen LogP contribution in [-0.2, 0) is 16.4 Å². The maximum absolute atomic E-state index is 12.9. The van der Waals surface area contributed by atoms with E-state index in [-0.39, 0.29) is 16.4 Å². The van der Waals surface area contributed by atoms with Gasteiger partial charge in [-0.3, -0.25) is 4.79 Å². The lowest BCUT2D eigenvalue weighted by Gasteiger charge is -2.31. The number of hydrogen-bond acceptors (Lipinski definition) is 8. The summed E-state index contributed by atoms with van der Waals surface area (Å²) in [6, 6.07) is 10.4. The molecule has 0 bridgehead atoms. The van der Waals surface area contributed by atoms with Crippen LogP contribution in [0.3, 0.4) is 0 Å². The lowest BCUT2D eigenvalue weighted by atomic mass is 10.1. The summed E-state index contributed by atoms with van der Waals surface area (Å²) in [7, 11) is -1.58. The third-order valence-corrected chi connectivity index (χ3v) is 8.35. The van der Waals surface area contributed by atoms with Crippen molar-refractivity contribution in [2.75, 3.05) is 45.5 Å². The Labute approximate surface area is 197 Å². The molecule has 4 rings (SSSR count). The van der Waals surface area contributed by atoms with Crippen molar-refractivity contribution in [3.05, 3.63) is 58.5 Å². The molecule has 1 aliphatic heterocycles. The third kappa shape index (κ3) is 5.38.